The molecule has 0 unspecified atom stereocenters. The van der Waals surface area contributed by atoms with Crippen LogP contribution in [0.25, 0.3) is 10.9 Å². The standard InChI is InChI=1S/C23H33N3O2/c1-15-10-16(2)23-21(11-15)20(17(3)24-23)12-22(28)26-8-7-25(13-18-4-5-18)19(14-26)6-9-27/h10-11,18-19,24,27H,4-9,12-14H2,1-3H3/t19-/m0/s1. The molecule has 2 aromatic rings. The summed E-state index contributed by atoms with van der Waals surface area (Å²) in [4.78, 5) is 21.2. The average molecular weight is 384 g/mol. The Labute approximate surface area is 167 Å². The number of nitrogens with zero attached hydrogens (tertiary/aromatic N) is 2. The average Bonchev–Trinajstić information content (AvgIpc) is 3.41. The van der Waals surface area contributed by atoms with Gasteiger partial charge in [0.1, 0.15) is 0 Å². The minimum atomic E-state index is 0.188. The number of hydrogen-bond acceptors (Lipinski definition) is 3. The van der Waals surface area contributed by atoms with Crippen LogP contribution in [-0.2, 0) is 11.2 Å². The van der Waals surface area contributed by atoms with Crippen LogP contribution in [0.4, 0.5) is 0 Å². The van der Waals surface area contributed by atoms with Gasteiger partial charge in [-0.15, -0.1) is 0 Å². The molecule has 0 radical (unpaired) electrons. The molecule has 1 saturated heterocycles. The third-order valence-electron chi connectivity index (χ3n) is 6.51. The Balaban J connectivity index is 1.49. The molecular formula is C23H33N3O2. The van der Waals surface area contributed by atoms with Gasteiger partial charge in [-0.25, -0.2) is 0 Å². The molecule has 2 heterocycles. The lowest BCUT2D eigenvalue weighted by Gasteiger charge is -2.41. The third-order valence-corrected chi connectivity index (χ3v) is 6.51. The molecule has 152 valence electrons. The van der Waals surface area contributed by atoms with Gasteiger partial charge in [0.25, 0.3) is 0 Å². The minimum absolute atomic E-state index is 0.188. The second-order valence-corrected chi connectivity index (χ2v) is 8.85. The Kier molecular flexibility index (Phi) is 5.48. The number of aromatic amines is 1. The van der Waals surface area contributed by atoms with Gasteiger partial charge in [-0.05, 0) is 63.1 Å². The zero-order valence-corrected chi connectivity index (χ0v) is 17.4. The summed E-state index contributed by atoms with van der Waals surface area (Å²) in [6.45, 7) is 10.1. The zero-order chi connectivity index (χ0) is 19.8. The van der Waals surface area contributed by atoms with Crippen LogP contribution in [0.2, 0.25) is 0 Å². The van der Waals surface area contributed by atoms with E-state index in [4.69, 9.17) is 0 Å². The molecule has 2 fully saturated rings. The lowest BCUT2D eigenvalue weighted by molar-refractivity contribution is -0.133. The number of aromatic nitrogens is 1. The highest BCUT2D eigenvalue weighted by molar-refractivity contribution is 5.92. The normalized spacial score (nSPS) is 20.9. The van der Waals surface area contributed by atoms with Crippen molar-refractivity contribution in [2.75, 3.05) is 32.8 Å². The molecule has 1 amide bonds. The largest absolute Gasteiger partial charge is 0.396 e. The highest BCUT2D eigenvalue weighted by atomic mass is 16.3. The van der Waals surface area contributed by atoms with E-state index in [1.807, 2.05) is 4.90 Å². The first kappa shape index (κ1) is 19.5. The first-order valence-corrected chi connectivity index (χ1v) is 10.7. The van der Waals surface area contributed by atoms with E-state index in [1.54, 1.807) is 0 Å². The molecule has 1 aromatic heterocycles. The molecule has 1 saturated carbocycles. The Morgan fingerprint density at radius 3 is 2.71 bits per heavy atom. The van der Waals surface area contributed by atoms with Crippen molar-refractivity contribution in [3.05, 3.63) is 34.5 Å². The van der Waals surface area contributed by atoms with Crippen LogP contribution >= 0.6 is 0 Å². The van der Waals surface area contributed by atoms with E-state index in [0.29, 0.717) is 6.42 Å². The Morgan fingerprint density at radius 2 is 2.00 bits per heavy atom. The first-order valence-electron chi connectivity index (χ1n) is 10.7. The molecule has 5 heteroatoms. The maximum Gasteiger partial charge on any atom is 0.227 e. The number of rotatable bonds is 6. The number of fused-ring (bicyclic) bond motifs is 1. The number of H-pyrrole nitrogens is 1. The summed E-state index contributed by atoms with van der Waals surface area (Å²) in [5, 5.41) is 10.7. The third kappa shape index (κ3) is 3.96. The number of aryl methyl sites for hydroxylation is 3. The second-order valence-electron chi connectivity index (χ2n) is 8.85. The molecule has 0 bridgehead atoms. The smallest absolute Gasteiger partial charge is 0.227 e. The van der Waals surface area contributed by atoms with Gasteiger partial charge >= 0.3 is 0 Å². The predicted octanol–water partition coefficient (Wildman–Crippen LogP) is 2.94. The van der Waals surface area contributed by atoms with E-state index in [0.717, 1.165) is 55.3 Å². The summed E-state index contributed by atoms with van der Waals surface area (Å²) in [5.74, 6) is 1.04. The van der Waals surface area contributed by atoms with E-state index in [1.165, 1.54) is 29.4 Å². The summed E-state index contributed by atoms with van der Waals surface area (Å²) >= 11 is 0. The van der Waals surface area contributed by atoms with Crippen molar-refractivity contribution in [1.82, 2.24) is 14.8 Å². The van der Waals surface area contributed by atoms with Gasteiger partial charge in [-0.1, -0.05) is 11.6 Å². The Morgan fingerprint density at radius 1 is 1.21 bits per heavy atom. The van der Waals surface area contributed by atoms with Gasteiger partial charge < -0.3 is 15.0 Å². The number of amides is 1. The van der Waals surface area contributed by atoms with Crippen molar-refractivity contribution < 1.29 is 9.90 Å². The van der Waals surface area contributed by atoms with Gasteiger partial charge in [0.15, 0.2) is 0 Å². The van der Waals surface area contributed by atoms with Crippen molar-refractivity contribution in [1.29, 1.82) is 0 Å². The molecule has 1 aliphatic carbocycles. The van der Waals surface area contributed by atoms with Gasteiger partial charge in [0.2, 0.25) is 5.91 Å². The maximum atomic E-state index is 13.2. The molecule has 2 N–H and O–H groups in total. The molecule has 4 rings (SSSR count). The van der Waals surface area contributed by atoms with E-state index >= 15 is 0 Å². The fourth-order valence-electron chi connectivity index (χ4n) is 4.74. The van der Waals surface area contributed by atoms with Crippen LogP contribution in [0, 0.1) is 26.7 Å². The summed E-state index contributed by atoms with van der Waals surface area (Å²) in [7, 11) is 0. The number of aliphatic hydroxyl groups is 1. The molecule has 5 nitrogen and oxygen atoms in total. The quantitative estimate of drug-likeness (QED) is 0.806. The fourth-order valence-corrected chi connectivity index (χ4v) is 4.74. The summed E-state index contributed by atoms with van der Waals surface area (Å²) in [5.41, 5.74) is 5.84. The molecule has 1 atom stereocenters. The molecular weight excluding hydrogens is 350 g/mol. The predicted molar refractivity (Wildman–Crippen MR) is 113 cm³/mol. The zero-order valence-electron chi connectivity index (χ0n) is 17.4. The number of nitrogens with one attached hydrogen (secondary N) is 1. The Bertz CT molecular complexity index is 868. The van der Waals surface area contributed by atoms with Crippen LogP contribution in [0.1, 0.15) is 41.6 Å². The van der Waals surface area contributed by atoms with Gasteiger partial charge in [-0.2, -0.15) is 0 Å². The number of carbonyl (C=O) groups excluding carboxylic acids is 1. The molecule has 2 aliphatic rings. The van der Waals surface area contributed by atoms with Gasteiger partial charge in [-0.3, -0.25) is 9.69 Å². The van der Waals surface area contributed by atoms with Crippen molar-refractivity contribution in [3.63, 3.8) is 0 Å². The summed E-state index contributed by atoms with van der Waals surface area (Å²) in [6, 6.07) is 4.66. The molecule has 1 aromatic carbocycles. The van der Waals surface area contributed by atoms with Crippen LogP contribution in [0.5, 0.6) is 0 Å². The topological polar surface area (TPSA) is 59.6 Å². The summed E-state index contributed by atoms with van der Waals surface area (Å²) < 4.78 is 0. The van der Waals surface area contributed by atoms with Crippen molar-refractivity contribution in [2.45, 2.75) is 52.5 Å². The number of benzene rings is 1. The number of hydrogen-bond donors (Lipinski definition) is 2. The number of carbonyl (C=O) groups is 1. The van der Waals surface area contributed by atoms with Crippen LogP contribution in [0.15, 0.2) is 12.1 Å². The fraction of sp³-hybridized carbons (Fsp3) is 0.609. The minimum Gasteiger partial charge on any atom is -0.396 e. The Hall–Kier alpha value is -1.85. The number of aliphatic hydroxyl groups excluding tert-OH is 1. The maximum absolute atomic E-state index is 13.2. The molecule has 1 aliphatic heterocycles. The molecule has 28 heavy (non-hydrogen) atoms. The van der Waals surface area contributed by atoms with E-state index in [9.17, 15) is 9.90 Å². The van der Waals surface area contributed by atoms with E-state index in [2.05, 4.69) is 42.8 Å². The van der Waals surface area contributed by atoms with E-state index in [-0.39, 0.29) is 18.6 Å². The van der Waals surface area contributed by atoms with Crippen LogP contribution in [0.3, 0.4) is 0 Å². The van der Waals surface area contributed by atoms with E-state index < -0.39 is 0 Å². The van der Waals surface area contributed by atoms with Crippen LogP contribution < -0.4 is 0 Å². The highest BCUT2D eigenvalue weighted by Gasteiger charge is 2.33. The molecule has 0 spiro atoms. The van der Waals surface area contributed by atoms with Gasteiger partial charge in [0, 0.05) is 55.4 Å². The monoisotopic (exact) mass is 383 g/mol. The first-order chi connectivity index (χ1) is 13.5. The second kappa shape index (κ2) is 7.88. The SMILES string of the molecule is Cc1cc(C)c2[nH]c(C)c(CC(=O)N3CCN(CC4CC4)[C@@H](CCO)C3)c2c1. The lowest BCUT2D eigenvalue weighted by Crippen LogP contribution is -2.55. The number of piperazine rings is 1. The van der Waals surface area contributed by atoms with Crippen molar-refractivity contribution in [2.24, 2.45) is 5.92 Å². The van der Waals surface area contributed by atoms with Crippen molar-refractivity contribution >= 4 is 16.8 Å². The van der Waals surface area contributed by atoms with Crippen LogP contribution in [-0.4, -0.2) is 64.6 Å². The highest BCUT2D eigenvalue weighted by Crippen LogP contribution is 2.32. The van der Waals surface area contributed by atoms with Gasteiger partial charge in [0.05, 0.1) is 6.42 Å². The summed E-state index contributed by atoms with van der Waals surface area (Å²) in [6.07, 6.45) is 3.87. The van der Waals surface area contributed by atoms with Crippen molar-refractivity contribution in [3.8, 4) is 0 Å². The lowest BCUT2D eigenvalue weighted by atomic mass is 10.0.